The van der Waals surface area contributed by atoms with Crippen LogP contribution in [0.25, 0.3) is 0 Å². The van der Waals surface area contributed by atoms with Crippen molar-refractivity contribution in [2.75, 3.05) is 24.6 Å². The highest BCUT2D eigenvalue weighted by atomic mass is 32.2. The van der Waals surface area contributed by atoms with Crippen molar-refractivity contribution in [2.24, 2.45) is 0 Å². The fraction of sp³-hybridized carbons (Fsp3) is 0.400. The van der Waals surface area contributed by atoms with Gasteiger partial charge in [-0.15, -0.1) is 0 Å². The molecule has 0 saturated carbocycles. The number of rotatable bonds is 8. The Balaban J connectivity index is 1.58. The molecule has 0 bridgehead atoms. The van der Waals surface area contributed by atoms with Crippen LogP contribution in [0.5, 0.6) is 0 Å². The highest BCUT2D eigenvalue weighted by molar-refractivity contribution is 7.91. The second kappa shape index (κ2) is 8.91. The summed E-state index contributed by atoms with van der Waals surface area (Å²) in [5.74, 6) is -0.166. The molecular formula is C20H24F2N2O2S. The summed E-state index contributed by atoms with van der Waals surface area (Å²) in [5.41, 5.74) is 1.81. The van der Waals surface area contributed by atoms with E-state index in [9.17, 15) is 17.2 Å². The fourth-order valence-corrected chi connectivity index (χ4v) is 5.14. The van der Waals surface area contributed by atoms with E-state index in [1.54, 1.807) is 18.2 Å². The SMILES string of the molecule is O=S1(=O)CC[C@H](N(CCNCc2cccc(F)c2)Cc2ccc(F)cc2)C1. The van der Waals surface area contributed by atoms with Crippen LogP contribution in [0.4, 0.5) is 8.78 Å². The van der Waals surface area contributed by atoms with Crippen LogP contribution in [-0.2, 0) is 22.9 Å². The summed E-state index contributed by atoms with van der Waals surface area (Å²) in [6.45, 7) is 2.42. The van der Waals surface area contributed by atoms with Gasteiger partial charge in [0.15, 0.2) is 9.84 Å². The first-order valence-corrected chi connectivity index (χ1v) is 10.9. The molecule has 2 aromatic carbocycles. The summed E-state index contributed by atoms with van der Waals surface area (Å²) in [4.78, 5) is 2.14. The molecule has 1 heterocycles. The Morgan fingerprint density at radius 2 is 1.81 bits per heavy atom. The van der Waals surface area contributed by atoms with Crippen molar-refractivity contribution < 1.29 is 17.2 Å². The van der Waals surface area contributed by atoms with Gasteiger partial charge in [-0.1, -0.05) is 24.3 Å². The molecule has 0 spiro atoms. The average molecular weight is 394 g/mol. The van der Waals surface area contributed by atoms with Crippen molar-refractivity contribution in [3.05, 3.63) is 71.3 Å². The molecule has 1 aliphatic heterocycles. The highest BCUT2D eigenvalue weighted by Gasteiger charge is 2.32. The van der Waals surface area contributed by atoms with Crippen molar-refractivity contribution in [3.63, 3.8) is 0 Å². The van der Waals surface area contributed by atoms with E-state index in [4.69, 9.17) is 0 Å². The maximum absolute atomic E-state index is 13.2. The van der Waals surface area contributed by atoms with Crippen LogP contribution in [0.2, 0.25) is 0 Å². The van der Waals surface area contributed by atoms with Crippen molar-refractivity contribution in [3.8, 4) is 0 Å². The molecule has 1 atom stereocenters. The third-order valence-electron chi connectivity index (χ3n) is 4.82. The number of benzene rings is 2. The van der Waals surface area contributed by atoms with Gasteiger partial charge in [0.25, 0.3) is 0 Å². The van der Waals surface area contributed by atoms with Gasteiger partial charge in [0, 0.05) is 32.2 Å². The third kappa shape index (κ3) is 6.09. The zero-order valence-corrected chi connectivity index (χ0v) is 15.9. The molecule has 0 unspecified atom stereocenters. The summed E-state index contributed by atoms with van der Waals surface area (Å²) in [5, 5.41) is 3.28. The lowest BCUT2D eigenvalue weighted by Crippen LogP contribution is -2.40. The summed E-state index contributed by atoms with van der Waals surface area (Å²) in [6.07, 6.45) is 0.618. The monoisotopic (exact) mass is 394 g/mol. The highest BCUT2D eigenvalue weighted by Crippen LogP contribution is 2.20. The van der Waals surface area contributed by atoms with Crippen molar-refractivity contribution in [1.82, 2.24) is 10.2 Å². The minimum atomic E-state index is -2.98. The number of hydrogen-bond acceptors (Lipinski definition) is 4. The van der Waals surface area contributed by atoms with Gasteiger partial charge in [0.1, 0.15) is 11.6 Å². The maximum atomic E-state index is 13.2. The van der Waals surface area contributed by atoms with E-state index in [1.807, 2.05) is 6.07 Å². The van der Waals surface area contributed by atoms with Gasteiger partial charge in [-0.25, -0.2) is 17.2 Å². The summed E-state index contributed by atoms with van der Waals surface area (Å²) < 4.78 is 50.1. The number of sulfone groups is 1. The van der Waals surface area contributed by atoms with E-state index in [0.29, 0.717) is 32.6 Å². The van der Waals surface area contributed by atoms with Crippen LogP contribution in [0, 0.1) is 11.6 Å². The van der Waals surface area contributed by atoms with Gasteiger partial charge in [0.2, 0.25) is 0 Å². The molecular weight excluding hydrogens is 370 g/mol. The van der Waals surface area contributed by atoms with Gasteiger partial charge >= 0.3 is 0 Å². The fourth-order valence-electron chi connectivity index (χ4n) is 3.38. The second-order valence-corrected chi connectivity index (χ2v) is 9.19. The summed E-state index contributed by atoms with van der Waals surface area (Å²) >= 11 is 0. The minimum Gasteiger partial charge on any atom is -0.311 e. The molecule has 1 N–H and O–H groups in total. The van der Waals surface area contributed by atoms with Gasteiger partial charge in [-0.3, -0.25) is 4.90 Å². The lowest BCUT2D eigenvalue weighted by atomic mass is 10.1. The molecule has 0 amide bonds. The molecule has 0 aliphatic carbocycles. The molecule has 4 nitrogen and oxygen atoms in total. The molecule has 7 heteroatoms. The van der Waals surface area contributed by atoms with E-state index in [1.165, 1.54) is 24.3 Å². The van der Waals surface area contributed by atoms with E-state index in [2.05, 4.69) is 10.2 Å². The lowest BCUT2D eigenvalue weighted by molar-refractivity contribution is 0.203. The van der Waals surface area contributed by atoms with Crippen molar-refractivity contribution >= 4 is 9.84 Å². The molecule has 27 heavy (non-hydrogen) atoms. The second-order valence-electron chi connectivity index (χ2n) is 6.96. The quantitative estimate of drug-likeness (QED) is 0.700. The van der Waals surface area contributed by atoms with Gasteiger partial charge < -0.3 is 5.32 Å². The lowest BCUT2D eigenvalue weighted by Gasteiger charge is -2.28. The predicted octanol–water partition coefficient (Wildman–Crippen LogP) is 2.74. The van der Waals surface area contributed by atoms with Crippen LogP contribution in [0.15, 0.2) is 48.5 Å². The Kier molecular flexibility index (Phi) is 6.57. The standard InChI is InChI=1S/C20H24F2N2O2S/c21-18-6-4-16(5-7-18)14-24(20-8-11-27(25,26)15-20)10-9-23-13-17-2-1-3-19(22)12-17/h1-7,12,20,23H,8-11,13-15H2/t20-/m0/s1. The Bertz CT molecular complexity index is 857. The molecule has 1 fully saturated rings. The average Bonchev–Trinajstić information content (AvgIpc) is 2.99. The van der Waals surface area contributed by atoms with Crippen molar-refractivity contribution in [2.45, 2.75) is 25.6 Å². The Labute approximate surface area is 159 Å². The van der Waals surface area contributed by atoms with E-state index in [-0.39, 0.29) is 29.2 Å². The number of nitrogens with one attached hydrogen (secondary N) is 1. The molecule has 0 aromatic heterocycles. The van der Waals surface area contributed by atoms with E-state index in [0.717, 1.165) is 11.1 Å². The van der Waals surface area contributed by atoms with Gasteiger partial charge in [-0.2, -0.15) is 0 Å². The number of hydrogen-bond donors (Lipinski definition) is 1. The normalized spacial score (nSPS) is 18.9. The molecule has 146 valence electrons. The van der Waals surface area contributed by atoms with E-state index >= 15 is 0 Å². The van der Waals surface area contributed by atoms with Crippen LogP contribution in [-0.4, -0.2) is 44.0 Å². The zero-order valence-electron chi connectivity index (χ0n) is 15.1. The minimum absolute atomic E-state index is 0.0315. The number of nitrogens with zero attached hydrogens (tertiary/aromatic N) is 1. The Morgan fingerprint density at radius 3 is 2.48 bits per heavy atom. The molecule has 1 aliphatic rings. The largest absolute Gasteiger partial charge is 0.311 e. The molecule has 3 rings (SSSR count). The summed E-state index contributed by atoms with van der Waals surface area (Å²) in [7, 11) is -2.98. The summed E-state index contributed by atoms with van der Waals surface area (Å²) in [6, 6.07) is 12.7. The Morgan fingerprint density at radius 1 is 1.04 bits per heavy atom. The first-order chi connectivity index (χ1) is 12.9. The maximum Gasteiger partial charge on any atom is 0.151 e. The van der Waals surface area contributed by atoms with Crippen LogP contribution in [0.3, 0.4) is 0 Å². The van der Waals surface area contributed by atoms with Gasteiger partial charge in [-0.05, 0) is 41.8 Å². The van der Waals surface area contributed by atoms with Crippen LogP contribution < -0.4 is 5.32 Å². The molecule has 2 aromatic rings. The topological polar surface area (TPSA) is 49.4 Å². The van der Waals surface area contributed by atoms with Crippen LogP contribution >= 0.6 is 0 Å². The third-order valence-corrected chi connectivity index (χ3v) is 6.57. The number of halogens is 2. The molecule has 1 saturated heterocycles. The van der Waals surface area contributed by atoms with Gasteiger partial charge in [0.05, 0.1) is 11.5 Å². The first kappa shape index (κ1) is 19.9. The smallest absolute Gasteiger partial charge is 0.151 e. The van der Waals surface area contributed by atoms with Crippen LogP contribution in [0.1, 0.15) is 17.5 Å². The van der Waals surface area contributed by atoms with Crippen molar-refractivity contribution in [1.29, 1.82) is 0 Å². The molecule has 0 radical (unpaired) electrons. The first-order valence-electron chi connectivity index (χ1n) is 9.05. The zero-order chi connectivity index (χ0) is 19.3. The predicted molar refractivity (Wildman–Crippen MR) is 102 cm³/mol. The Hall–Kier alpha value is -1.83. The van der Waals surface area contributed by atoms with E-state index < -0.39 is 9.84 Å².